The lowest BCUT2D eigenvalue weighted by molar-refractivity contribution is -0.144. The van der Waals surface area contributed by atoms with Crippen LogP contribution in [0.15, 0.2) is 12.3 Å². The van der Waals surface area contributed by atoms with Crippen molar-refractivity contribution in [1.29, 1.82) is 0 Å². The molecule has 2 aromatic heterocycles. The topological polar surface area (TPSA) is 41.1 Å². The van der Waals surface area contributed by atoms with E-state index in [1.54, 1.807) is 0 Å². The number of hydrogen-bond donors (Lipinski definition) is 1. The Labute approximate surface area is 154 Å². The number of aryl methyl sites for hydroxylation is 1. The molecule has 0 radical (unpaired) electrons. The van der Waals surface area contributed by atoms with Gasteiger partial charge in [0.15, 0.2) is 0 Å². The second-order valence-electron chi connectivity index (χ2n) is 7.03. The molecule has 0 unspecified atom stereocenters. The first-order valence-corrected chi connectivity index (χ1v) is 9.81. The highest BCUT2D eigenvalue weighted by atomic mass is 32.1. The number of nitrogens with zero attached hydrogens (tertiary/aromatic N) is 2. The lowest BCUT2D eigenvalue weighted by Gasteiger charge is -2.44. The Morgan fingerprint density at radius 3 is 2.77 bits per heavy atom. The van der Waals surface area contributed by atoms with Crippen LogP contribution in [-0.2, 0) is 35.9 Å². The molecule has 1 N–H and O–H groups in total. The van der Waals surface area contributed by atoms with Crippen molar-refractivity contribution >= 4 is 11.3 Å². The van der Waals surface area contributed by atoms with Crippen molar-refractivity contribution in [2.45, 2.75) is 50.9 Å². The van der Waals surface area contributed by atoms with Crippen LogP contribution in [0.2, 0.25) is 0 Å². The SMILES string of the molecule is CCc1cc2c(s1)CCOC21CCN(Cc2cnc(C(F)(F)F)[nH]2)CC1. The number of likely N-dealkylation sites (tertiary alicyclic amines) is 1. The molecule has 1 saturated heterocycles. The van der Waals surface area contributed by atoms with E-state index in [2.05, 4.69) is 27.9 Å². The summed E-state index contributed by atoms with van der Waals surface area (Å²) in [7, 11) is 0. The van der Waals surface area contributed by atoms with Gasteiger partial charge in [-0.1, -0.05) is 6.92 Å². The second kappa shape index (κ2) is 6.65. The largest absolute Gasteiger partial charge is 0.449 e. The fourth-order valence-corrected chi connectivity index (χ4v) is 5.13. The van der Waals surface area contributed by atoms with E-state index in [0.29, 0.717) is 12.2 Å². The highest BCUT2D eigenvalue weighted by molar-refractivity contribution is 7.12. The van der Waals surface area contributed by atoms with E-state index in [1.807, 2.05) is 11.3 Å². The van der Waals surface area contributed by atoms with Crippen molar-refractivity contribution in [1.82, 2.24) is 14.9 Å². The number of ether oxygens (including phenoxy) is 1. The summed E-state index contributed by atoms with van der Waals surface area (Å²) >= 11 is 1.90. The summed E-state index contributed by atoms with van der Waals surface area (Å²) < 4.78 is 44.3. The molecule has 1 spiro atoms. The van der Waals surface area contributed by atoms with Crippen molar-refractivity contribution in [2.24, 2.45) is 0 Å². The first-order valence-electron chi connectivity index (χ1n) is 8.99. The van der Waals surface area contributed by atoms with Crippen LogP contribution in [0.5, 0.6) is 0 Å². The quantitative estimate of drug-likeness (QED) is 0.864. The summed E-state index contributed by atoms with van der Waals surface area (Å²) in [6.45, 7) is 4.99. The molecular weight excluding hydrogens is 363 g/mol. The Morgan fingerprint density at radius 1 is 1.35 bits per heavy atom. The maximum absolute atomic E-state index is 12.7. The summed E-state index contributed by atoms with van der Waals surface area (Å²) in [6, 6.07) is 2.30. The maximum atomic E-state index is 12.7. The van der Waals surface area contributed by atoms with E-state index in [1.165, 1.54) is 21.5 Å². The van der Waals surface area contributed by atoms with Gasteiger partial charge in [-0.25, -0.2) is 4.98 Å². The Hall–Kier alpha value is -1.38. The predicted molar refractivity (Wildman–Crippen MR) is 93.1 cm³/mol. The first-order chi connectivity index (χ1) is 12.4. The highest BCUT2D eigenvalue weighted by Gasteiger charge is 2.42. The molecule has 0 amide bonds. The highest BCUT2D eigenvalue weighted by Crippen LogP contribution is 2.44. The summed E-state index contributed by atoms with van der Waals surface area (Å²) in [6.07, 6.45) is 0.642. The first kappa shape index (κ1) is 18.0. The van der Waals surface area contributed by atoms with Crippen molar-refractivity contribution in [3.63, 3.8) is 0 Å². The lowest BCUT2D eigenvalue weighted by atomic mass is 9.82. The summed E-state index contributed by atoms with van der Waals surface area (Å²) in [5.74, 6) is -0.924. The van der Waals surface area contributed by atoms with Crippen LogP contribution in [0.4, 0.5) is 13.2 Å². The number of hydrogen-bond acceptors (Lipinski definition) is 4. The standard InChI is InChI=1S/C18H22F3N3OS/c1-2-13-9-14-15(26-13)3-8-25-17(14)4-6-24(7-5-17)11-12-10-22-16(23-12)18(19,20)21/h9-10H,2-8,11H2,1H3,(H,22,23). The number of alkyl halides is 3. The van der Waals surface area contributed by atoms with E-state index >= 15 is 0 Å². The zero-order valence-electron chi connectivity index (χ0n) is 14.7. The van der Waals surface area contributed by atoms with Crippen LogP contribution < -0.4 is 0 Å². The molecule has 4 heterocycles. The third-order valence-corrected chi connectivity index (χ3v) is 6.70. The minimum Gasteiger partial charge on any atom is -0.370 e. The van der Waals surface area contributed by atoms with Crippen LogP contribution in [0, 0.1) is 0 Å². The van der Waals surface area contributed by atoms with Gasteiger partial charge in [-0.05, 0) is 30.9 Å². The van der Waals surface area contributed by atoms with Crippen molar-refractivity contribution in [2.75, 3.05) is 19.7 Å². The zero-order chi connectivity index (χ0) is 18.4. The van der Waals surface area contributed by atoms with Crippen LogP contribution in [0.1, 0.15) is 46.6 Å². The number of H-pyrrole nitrogens is 1. The van der Waals surface area contributed by atoms with Gasteiger partial charge in [0.25, 0.3) is 0 Å². The zero-order valence-corrected chi connectivity index (χ0v) is 15.5. The monoisotopic (exact) mass is 385 g/mol. The molecule has 2 aromatic rings. The Balaban J connectivity index is 1.43. The fourth-order valence-electron chi connectivity index (χ4n) is 3.96. The average Bonchev–Trinajstić information content (AvgIpc) is 3.24. The molecule has 26 heavy (non-hydrogen) atoms. The number of halogens is 3. The molecule has 4 nitrogen and oxygen atoms in total. The number of fused-ring (bicyclic) bond motifs is 2. The normalized spacial score (nSPS) is 20.5. The molecule has 1 fully saturated rings. The van der Waals surface area contributed by atoms with E-state index in [-0.39, 0.29) is 5.60 Å². The number of rotatable bonds is 3. The lowest BCUT2D eigenvalue weighted by Crippen LogP contribution is -2.45. The van der Waals surface area contributed by atoms with Gasteiger partial charge in [-0.3, -0.25) is 4.90 Å². The van der Waals surface area contributed by atoms with Gasteiger partial charge in [0.1, 0.15) is 0 Å². The van der Waals surface area contributed by atoms with Gasteiger partial charge < -0.3 is 9.72 Å². The van der Waals surface area contributed by atoms with Gasteiger partial charge in [0.2, 0.25) is 5.82 Å². The molecule has 0 aromatic carbocycles. The smallest absolute Gasteiger partial charge is 0.370 e. The van der Waals surface area contributed by atoms with Crippen molar-refractivity contribution in [3.8, 4) is 0 Å². The number of nitrogens with one attached hydrogen (secondary N) is 1. The van der Waals surface area contributed by atoms with Gasteiger partial charge >= 0.3 is 6.18 Å². The Bertz CT molecular complexity index is 775. The van der Waals surface area contributed by atoms with Crippen molar-refractivity contribution < 1.29 is 17.9 Å². The van der Waals surface area contributed by atoms with Crippen LogP contribution >= 0.6 is 11.3 Å². The summed E-state index contributed by atoms with van der Waals surface area (Å²) in [5, 5.41) is 0. The molecule has 0 aliphatic carbocycles. The molecule has 8 heteroatoms. The van der Waals surface area contributed by atoms with Crippen LogP contribution in [0.25, 0.3) is 0 Å². The van der Waals surface area contributed by atoms with E-state index < -0.39 is 12.0 Å². The Kier molecular flexibility index (Phi) is 4.61. The molecule has 2 aliphatic rings. The number of piperidine rings is 1. The second-order valence-corrected chi connectivity index (χ2v) is 8.25. The number of imidazole rings is 1. The van der Waals surface area contributed by atoms with E-state index in [4.69, 9.17) is 4.74 Å². The third kappa shape index (κ3) is 3.30. The number of thiophene rings is 1. The number of aromatic nitrogens is 2. The molecule has 0 atom stereocenters. The van der Waals surface area contributed by atoms with Gasteiger partial charge in [0, 0.05) is 47.7 Å². The fraction of sp³-hybridized carbons (Fsp3) is 0.611. The van der Waals surface area contributed by atoms with Gasteiger partial charge in [0.05, 0.1) is 12.2 Å². The third-order valence-electron chi connectivity index (χ3n) is 5.36. The van der Waals surface area contributed by atoms with E-state index in [9.17, 15) is 13.2 Å². The summed E-state index contributed by atoms with van der Waals surface area (Å²) in [5.41, 5.74) is 1.65. The molecule has 4 rings (SSSR count). The summed E-state index contributed by atoms with van der Waals surface area (Å²) in [4.78, 5) is 10.9. The molecular formula is C18H22F3N3OS. The maximum Gasteiger partial charge on any atom is 0.449 e. The van der Waals surface area contributed by atoms with Crippen molar-refractivity contribution in [3.05, 3.63) is 39.1 Å². The molecule has 142 valence electrons. The van der Waals surface area contributed by atoms with Crippen LogP contribution in [-0.4, -0.2) is 34.6 Å². The van der Waals surface area contributed by atoms with E-state index in [0.717, 1.165) is 45.4 Å². The molecule has 2 aliphatic heterocycles. The van der Waals surface area contributed by atoms with Crippen LogP contribution in [0.3, 0.4) is 0 Å². The number of aromatic amines is 1. The Morgan fingerprint density at radius 2 is 2.12 bits per heavy atom. The molecule has 0 saturated carbocycles. The van der Waals surface area contributed by atoms with Gasteiger partial charge in [-0.15, -0.1) is 11.3 Å². The average molecular weight is 385 g/mol. The minimum absolute atomic E-state index is 0.209. The molecule has 0 bridgehead atoms. The predicted octanol–water partition coefficient (Wildman–Crippen LogP) is 4.12. The van der Waals surface area contributed by atoms with Gasteiger partial charge in [-0.2, -0.15) is 13.2 Å². The minimum atomic E-state index is -4.42.